The molecule has 144 valence electrons. The van der Waals surface area contributed by atoms with E-state index in [1.807, 2.05) is 24.3 Å². The number of rotatable bonds is 4. The molecule has 1 aromatic carbocycles. The summed E-state index contributed by atoms with van der Waals surface area (Å²) in [7, 11) is 0. The maximum absolute atomic E-state index is 12.8. The van der Waals surface area contributed by atoms with Crippen LogP contribution >= 0.6 is 0 Å². The van der Waals surface area contributed by atoms with Crippen LogP contribution in [0.2, 0.25) is 0 Å². The molecule has 0 aliphatic carbocycles. The van der Waals surface area contributed by atoms with Gasteiger partial charge >= 0.3 is 0 Å². The summed E-state index contributed by atoms with van der Waals surface area (Å²) in [6.07, 6.45) is 4.15. The van der Waals surface area contributed by atoms with Crippen LogP contribution in [0, 0.1) is 11.3 Å². The minimum absolute atomic E-state index is 0.00427. The predicted octanol–water partition coefficient (Wildman–Crippen LogP) is 1.55. The summed E-state index contributed by atoms with van der Waals surface area (Å²) in [4.78, 5) is 33.3. The zero-order chi connectivity index (χ0) is 19.5. The zero-order valence-corrected chi connectivity index (χ0v) is 15.7. The smallest absolute Gasteiger partial charge is 0.253 e. The van der Waals surface area contributed by atoms with Crippen molar-refractivity contribution in [3.8, 4) is 6.07 Å². The molecule has 0 spiro atoms. The van der Waals surface area contributed by atoms with Gasteiger partial charge in [-0.05, 0) is 31.4 Å². The van der Waals surface area contributed by atoms with Crippen LogP contribution in [0.25, 0.3) is 10.9 Å². The first-order valence-electron chi connectivity index (χ1n) is 9.72. The van der Waals surface area contributed by atoms with Crippen LogP contribution in [0.3, 0.4) is 0 Å². The SMILES string of the molecule is N#C[C@@H]1CCCN1C(=O)CN1CC[C@H](NC(=O)c2cccc3cccnc23)C1. The number of amides is 2. The molecule has 2 aliphatic rings. The second kappa shape index (κ2) is 7.95. The van der Waals surface area contributed by atoms with Crippen molar-refractivity contribution in [3.05, 3.63) is 42.1 Å². The van der Waals surface area contributed by atoms with Crippen molar-refractivity contribution in [3.63, 3.8) is 0 Å². The number of fused-ring (bicyclic) bond motifs is 1. The molecule has 1 aromatic heterocycles. The Labute approximate surface area is 163 Å². The highest BCUT2D eigenvalue weighted by Crippen LogP contribution is 2.19. The number of nitriles is 1. The van der Waals surface area contributed by atoms with E-state index in [1.165, 1.54) is 0 Å². The van der Waals surface area contributed by atoms with E-state index < -0.39 is 0 Å². The maximum atomic E-state index is 12.8. The third-order valence-corrected chi connectivity index (χ3v) is 5.57. The van der Waals surface area contributed by atoms with Crippen LogP contribution in [-0.2, 0) is 4.79 Å². The first-order valence-corrected chi connectivity index (χ1v) is 9.72. The largest absolute Gasteiger partial charge is 0.348 e. The van der Waals surface area contributed by atoms with E-state index in [4.69, 9.17) is 5.26 Å². The molecule has 2 aliphatic heterocycles. The summed E-state index contributed by atoms with van der Waals surface area (Å²) in [5.41, 5.74) is 1.27. The fourth-order valence-electron chi connectivity index (χ4n) is 4.13. The molecule has 4 rings (SSSR count). The Bertz CT molecular complexity index is 933. The van der Waals surface area contributed by atoms with E-state index in [1.54, 1.807) is 17.2 Å². The predicted molar refractivity (Wildman–Crippen MR) is 104 cm³/mol. The fourth-order valence-corrected chi connectivity index (χ4v) is 4.13. The lowest BCUT2D eigenvalue weighted by atomic mass is 10.1. The number of hydrogen-bond donors (Lipinski definition) is 1. The Kier molecular flexibility index (Phi) is 5.22. The van der Waals surface area contributed by atoms with E-state index in [-0.39, 0.29) is 23.9 Å². The van der Waals surface area contributed by atoms with Crippen LogP contribution < -0.4 is 5.32 Å². The average Bonchev–Trinajstić information content (AvgIpc) is 3.36. The summed E-state index contributed by atoms with van der Waals surface area (Å²) in [5, 5.41) is 13.2. The van der Waals surface area contributed by atoms with E-state index in [0.717, 1.165) is 31.2 Å². The number of nitrogens with one attached hydrogen (secondary N) is 1. The van der Waals surface area contributed by atoms with Gasteiger partial charge in [-0.25, -0.2) is 0 Å². The van der Waals surface area contributed by atoms with E-state index in [9.17, 15) is 9.59 Å². The maximum Gasteiger partial charge on any atom is 0.253 e. The van der Waals surface area contributed by atoms with Gasteiger partial charge in [0.2, 0.25) is 5.91 Å². The summed E-state index contributed by atoms with van der Waals surface area (Å²) in [5.74, 6) is -0.124. The number of carbonyl (C=O) groups excluding carboxylic acids is 2. The van der Waals surface area contributed by atoms with E-state index >= 15 is 0 Å². The molecule has 1 N–H and O–H groups in total. The second-order valence-electron chi connectivity index (χ2n) is 7.45. The molecular formula is C21H23N5O2. The number of carbonyl (C=O) groups is 2. The van der Waals surface area contributed by atoms with Crippen LogP contribution in [0.4, 0.5) is 0 Å². The van der Waals surface area contributed by atoms with Crippen LogP contribution in [0.5, 0.6) is 0 Å². The highest BCUT2D eigenvalue weighted by molar-refractivity contribution is 6.05. The summed E-state index contributed by atoms with van der Waals surface area (Å²) >= 11 is 0. The summed E-state index contributed by atoms with van der Waals surface area (Å²) in [6, 6.07) is 11.3. The van der Waals surface area contributed by atoms with Gasteiger partial charge in [0.05, 0.1) is 23.7 Å². The van der Waals surface area contributed by atoms with Crippen molar-refractivity contribution in [2.75, 3.05) is 26.2 Å². The van der Waals surface area contributed by atoms with Gasteiger partial charge in [-0.2, -0.15) is 5.26 Å². The molecule has 2 atom stereocenters. The Morgan fingerprint density at radius 3 is 2.93 bits per heavy atom. The molecule has 0 unspecified atom stereocenters. The normalized spacial score (nSPS) is 22.3. The molecule has 7 nitrogen and oxygen atoms in total. The van der Waals surface area contributed by atoms with Crippen molar-refractivity contribution < 1.29 is 9.59 Å². The molecule has 28 heavy (non-hydrogen) atoms. The number of pyridine rings is 1. The van der Waals surface area contributed by atoms with Crippen LogP contribution in [0.1, 0.15) is 29.6 Å². The highest BCUT2D eigenvalue weighted by atomic mass is 16.2. The number of hydrogen-bond acceptors (Lipinski definition) is 5. The van der Waals surface area contributed by atoms with E-state index in [0.29, 0.717) is 30.7 Å². The first-order chi connectivity index (χ1) is 13.7. The van der Waals surface area contributed by atoms with Gasteiger partial charge in [-0.15, -0.1) is 0 Å². The summed E-state index contributed by atoms with van der Waals surface area (Å²) in [6.45, 7) is 2.37. The van der Waals surface area contributed by atoms with E-state index in [2.05, 4.69) is 21.3 Å². The fraction of sp³-hybridized carbons (Fsp3) is 0.429. The standard InChI is InChI=1S/C21H23N5O2/c22-12-17-6-3-10-26(17)19(27)14-25-11-8-16(13-25)24-21(28)18-7-1-4-15-5-2-9-23-20(15)18/h1-2,4-5,7,9,16-17H,3,6,8,10-11,13-14H2,(H,24,28)/t16-,17-/m0/s1. The van der Waals surface area contributed by atoms with Gasteiger partial charge in [0, 0.05) is 37.3 Å². The minimum atomic E-state index is -0.288. The zero-order valence-electron chi connectivity index (χ0n) is 15.7. The van der Waals surface area contributed by atoms with Crippen molar-refractivity contribution in [2.45, 2.75) is 31.3 Å². The van der Waals surface area contributed by atoms with Crippen molar-refractivity contribution in [2.24, 2.45) is 0 Å². The molecule has 0 saturated carbocycles. The molecule has 0 radical (unpaired) electrons. The van der Waals surface area contributed by atoms with Gasteiger partial charge in [0.15, 0.2) is 0 Å². The topological polar surface area (TPSA) is 89.3 Å². The first kappa shape index (κ1) is 18.4. The van der Waals surface area contributed by atoms with Crippen LogP contribution in [0.15, 0.2) is 36.5 Å². The number of aromatic nitrogens is 1. The third-order valence-electron chi connectivity index (χ3n) is 5.57. The number of para-hydroxylation sites is 1. The molecule has 0 bridgehead atoms. The molecule has 7 heteroatoms. The third kappa shape index (κ3) is 3.69. The lowest BCUT2D eigenvalue weighted by Crippen LogP contribution is -2.43. The Morgan fingerprint density at radius 1 is 1.21 bits per heavy atom. The van der Waals surface area contributed by atoms with Crippen molar-refractivity contribution >= 4 is 22.7 Å². The Morgan fingerprint density at radius 2 is 2.07 bits per heavy atom. The lowest BCUT2D eigenvalue weighted by molar-refractivity contribution is -0.132. The molecule has 2 saturated heterocycles. The second-order valence-corrected chi connectivity index (χ2v) is 7.45. The van der Waals surface area contributed by atoms with Gasteiger partial charge in [-0.1, -0.05) is 18.2 Å². The average molecular weight is 377 g/mol. The van der Waals surface area contributed by atoms with Gasteiger partial charge in [-0.3, -0.25) is 19.5 Å². The van der Waals surface area contributed by atoms with Crippen LogP contribution in [-0.4, -0.2) is 64.9 Å². The molecular weight excluding hydrogens is 354 g/mol. The van der Waals surface area contributed by atoms with Gasteiger partial charge < -0.3 is 10.2 Å². The monoisotopic (exact) mass is 377 g/mol. The number of nitrogens with zero attached hydrogens (tertiary/aromatic N) is 4. The lowest BCUT2D eigenvalue weighted by Gasteiger charge is -2.23. The van der Waals surface area contributed by atoms with Crippen molar-refractivity contribution in [1.29, 1.82) is 5.26 Å². The molecule has 3 heterocycles. The van der Waals surface area contributed by atoms with Gasteiger partial charge in [0.25, 0.3) is 5.91 Å². The highest BCUT2D eigenvalue weighted by Gasteiger charge is 2.32. The van der Waals surface area contributed by atoms with Crippen molar-refractivity contribution in [1.82, 2.24) is 20.1 Å². The minimum Gasteiger partial charge on any atom is -0.348 e. The molecule has 2 amide bonds. The molecule has 2 fully saturated rings. The Balaban J connectivity index is 1.35. The van der Waals surface area contributed by atoms with Gasteiger partial charge in [0.1, 0.15) is 6.04 Å². The number of likely N-dealkylation sites (tertiary alicyclic amines) is 2. The quantitative estimate of drug-likeness (QED) is 0.873. The number of benzene rings is 1. The Hall–Kier alpha value is -2.98. The summed E-state index contributed by atoms with van der Waals surface area (Å²) < 4.78 is 0. The molecule has 2 aromatic rings.